The van der Waals surface area contributed by atoms with Gasteiger partial charge >= 0.3 is 5.97 Å². The quantitative estimate of drug-likeness (QED) is 0.462. The van der Waals surface area contributed by atoms with Gasteiger partial charge in [0.25, 0.3) is 5.91 Å². The molecule has 9 heteroatoms. The number of nitrogens with one attached hydrogen (secondary N) is 1. The Bertz CT molecular complexity index is 1230. The first-order chi connectivity index (χ1) is 19.2. The van der Waals surface area contributed by atoms with Crippen LogP contribution in [-0.2, 0) is 11.2 Å². The van der Waals surface area contributed by atoms with E-state index in [-0.39, 0.29) is 11.9 Å². The van der Waals surface area contributed by atoms with Crippen LogP contribution in [0.25, 0.3) is 0 Å². The van der Waals surface area contributed by atoms with Crippen molar-refractivity contribution in [2.45, 2.75) is 84.6 Å². The first kappa shape index (κ1) is 28.3. The molecule has 216 valence electrons. The molecule has 0 atom stereocenters. The minimum Gasteiger partial charge on any atom is -0.465 e. The van der Waals surface area contributed by atoms with Gasteiger partial charge in [0.1, 0.15) is 17.3 Å². The zero-order chi connectivity index (χ0) is 28.4. The van der Waals surface area contributed by atoms with Gasteiger partial charge in [-0.05, 0) is 83.3 Å². The third kappa shape index (κ3) is 6.23. The second kappa shape index (κ2) is 11.7. The van der Waals surface area contributed by atoms with Crippen molar-refractivity contribution in [3.05, 3.63) is 40.5 Å². The fourth-order valence-electron chi connectivity index (χ4n) is 6.30. The van der Waals surface area contributed by atoms with E-state index in [1.54, 1.807) is 6.20 Å². The maximum atomic E-state index is 13.8. The summed E-state index contributed by atoms with van der Waals surface area (Å²) < 4.78 is 4.93. The zero-order valence-corrected chi connectivity index (χ0v) is 24.8. The van der Waals surface area contributed by atoms with E-state index in [1.807, 2.05) is 24.8 Å². The zero-order valence-electron chi connectivity index (χ0n) is 24.8. The highest BCUT2D eigenvalue weighted by Crippen LogP contribution is 2.34. The van der Waals surface area contributed by atoms with Gasteiger partial charge in [-0.3, -0.25) is 4.79 Å². The maximum absolute atomic E-state index is 13.8. The van der Waals surface area contributed by atoms with Gasteiger partial charge < -0.3 is 19.9 Å². The number of hydrogen-bond acceptors (Lipinski definition) is 8. The second-order valence-electron chi connectivity index (χ2n) is 12.5. The Balaban J connectivity index is 1.30. The molecule has 2 aromatic heterocycles. The number of pyridine rings is 1. The van der Waals surface area contributed by atoms with Crippen molar-refractivity contribution in [3.63, 3.8) is 0 Å². The fourth-order valence-corrected chi connectivity index (χ4v) is 6.30. The topological polar surface area (TPSA) is 101 Å². The number of aryl methyl sites for hydroxylation is 2. The summed E-state index contributed by atoms with van der Waals surface area (Å²) in [6, 6.07) is 1.93. The average Bonchev–Trinajstić information content (AvgIpc) is 3.75. The van der Waals surface area contributed by atoms with Crippen LogP contribution in [-0.4, -0.2) is 70.6 Å². The largest absolute Gasteiger partial charge is 0.465 e. The molecule has 2 saturated carbocycles. The van der Waals surface area contributed by atoms with Crippen molar-refractivity contribution in [1.82, 2.24) is 19.9 Å². The van der Waals surface area contributed by atoms with E-state index in [9.17, 15) is 9.59 Å². The molecule has 9 nitrogen and oxygen atoms in total. The van der Waals surface area contributed by atoms with E-state index < -0.39 is 5.54 Å². The molecule has 1 N–H and O–H groups in total. The molecule has 0 spiro atoms. The summed E-state index contributed by atoms with van der Waals surface area (Å²) in [5.41, 5.74) is 2.90. The van der Waals surface area contributed by atoms with Crippen molar-refractivity contribution in [3.8, 4) is 0 Å². The maximum Gasteiger partial charge on any atom is 0.339 e. The number of esters is 1. The lowest BCUT2D eigenvalue weighted by Crippen LogP contribution is -2.61. The fraction of sp³-hybridized carbons (Fsp3) is 0.645. The van der Waals surface area contributed by atoms with E-state index in [0.717, 1.165) is 35.9 Å². The Morgan fingerprint density at radius 2 is 1.80 bits per heavy atom. The first-order valence-electron chi connectivity index (χ1n) is 14.9. The van der Waals surface area contributed by atoms with Gasteiger partial charge in [0.05, 0.1) is 35.8 Å². The van der Waals surface area contributed by atoms with E-state index in [0.29, 0.717) is 48.4 Å². The predicted molar refractivity (Wildman–Crippen MR) is 156 cm³/mol. The van der Waals surface area contributed by atoms with Crippen molar-refractivity contribution >= 4 is 23.5 Å². The van der Waals surface area contributed by atoms with Gasteiger partial charge in [0.15, 0.2) is 0 Å². The number of methoxy groups -OCH3 is 1. The molecule has 3 heterocycles. The molecule has 40 heavy (non-hydrogen) atoms. The summed E-state index contributed by atoms with van der Waals surface area (Å²) in [6.07, 6.45) is 11.5. The highest BCUT2D eigenvalue weighted by atomic mass is 16.5. The van der Waals surface area contributed by atoms with Crippen LogP contribution in [0.5, 0.6) is 0 Å². The average molecular weight is 549 g/mol. The molecule has 2 aliphatic carbocycles. The van der Waals surface area contributed by atoms with Crippen LogP contribution in [0, 0.1) is 25.7 Å². The molecule has 0 radical (unpaired) electrons. The van der Waals surface area contributed by atoms with Gasteiger partial charge in [-0.2, -0.15) is 0 Å². The SMILES string of the molecule is COC(=O)c1c(C)cc(N2CCN(C(=O)c3cnc(NCC4CCCCC4)c(CC4CC4)n3)C(C)(C)C2)nc1C. The highest BCUT2D eigenvalue weighted by Gasteiger charge is 2.39. The number of piperazine rings is 1. The third-order valence-electron chi connectivity index (χ3n) is 8.77. The molecule has 1 amide bonds. The van der Waals surface area contributed by atoms with Crippen LogP contribution >= 0.6 is 0 Å². The number of anilines is 2. The van der Waals surface area contributed by atoms with Gasteiger partial charge in [-0.25, -0.2) is 19.7 Å². The lowest BCUT2D eigenvalue weighted by Gasteiger charge is -2.47. The number of amides is 1. The van der Waals surface area contributed by atoms with Crippen LogP contribution in [0.1, 0.15) is 96.6 Å². The molecule has 0 unspecified atom stereocenters. The molecule has 1 aliphatic heterocycles. The Morgan fingerprint density at radius 3 is 2.45 bits per heavy atom. The number of carbonyl (C=O) groups excluding carboxylic acids is 2. The molecule has 0 bridgehead atoms. The smallest absolute Gasteiger partial charge is 0.339 e. The molecule has 1 saturated heterocycles. The number of hydrogen-bond donors (Lipinski definition) is 1. The predicted octanol–water partition coefficient (Wildman–Crippen LogP) is 4.96. The van der Waals surface area contributed by atoms with Gasteiger partial charge in [0.2, 0.25) is 0 Å². The number of aromatic nitrogens is 3. The number of nitrogens with zero attached hydrogens (tertiary/aromatic N) is 5. The Hall–Kier alpha value is -3.23. The molecular weight excluding hydrogens is 504 g/mol. The van der Waals surface area contributed by atoms with Crippen molar-refractivity contribution in [1.29, 1.82) is 0 Å². The Morgan fingerprint density at radius 1 is 1.05 bits per heavy atom. The number of ether oxygens (including phenoxy) is 1. The van der Waals surface area contributed by atoms with Crippen LogP contribution in [0.3, 0.4) is 0 Å². The molecule has 5 rings (SSSR count). The van der Waals surface area contributed by atoms with Gasteiger partial charge in [-0.1, -0.05) is 19.3 Å². The minimum atomic E-state index is -0.448. The monoisotopic (exact) mass is 548 g/mol. The second-order valence-corrected chi connectivity index (χ2v) is 12.5. The van der Waals surface area contributed by atoms with E-state index in [1.165, 1.54) is 52.1 Å². The third-order valence-corrected chi connectivity index (χ3v) is 8.77. The molecular formula is C31H44N6O3. The van der Waals surface area contributed by atoms with Crippen LogP contribution < -0.4 is 10.2 Å². The Kier molecular flexibility index (Phi) is 8.29. The molecule has 3 aliphatic rings. The molecule has 0 aromatic carbocycles. The van der Waals surface area contributed by atoms with Crippen LogP contribution in [0.4, 0.5) is 11.6 Å². The number of carbonyl (C=O) groups is 2. The number of rotatable bonds is 8. The van der Waals surface area contributed by atoms with E-state index in [4.69, 9.17) is 19.7 Å². The highest BCUT2D eigenvalue weighted by molar-refractivity contribution is 5.93. The van der Waals surface area contributed by atoms with Crippen LogP contribution in [0.2, 0.25) is 0 Å². The van der Waals surface area contributed by atoms with Crippen molar-refractivity contribution in [2.24, 2.45) is 11.8 Å². The summed E-state index contributed by atoms with van der Waals surface area (Å²) in [6.45, 7) is 10.6. The van der Waals surface area contributed by atoms with Gasteiger partial charge in [-0.15, -0.1) is 0 Å². The molecule has 3 fully saturated rings. The summed E-state index contributed by atoms with van der Waals surface area (Å²) >= 11 is 0. The van der Waals surface area contributed by atoms with E-state index in [2.05, 4.69) is 24.1 Å². The normalized spacial score (nSPS) is 19.4. The van der Waals surface area contributed by atoms with Gasteiger partial charge in [0, 0.05) is 26.2 Å². The molecule has 2 aromatic rings. The lowest BCUT2D eigenvalue weighted by atomic mass is 9.89. The summed E-state index contributed by atoms with van der Waals surface area (Å²) in [5.74, 6) is 2.56. The minimum absolute atomic E-state index is 0.0746. The lowest BCUT2D eigenvalue weighted by molar-refractivity contribution is 0.0505. The van der Waals surface area contributed by atoms with E-state index >= 15 is 0 Å². The summed E-state index contributed by atoms with van der Waals surface area (Å²) in [5, 5.41) is 3.58. The van der Waals surface area contributed by atoms with Crippen molar-refractivity contribution in [2.75, 3.05) is 43.5 Å². The van der Waals surface area contributed by atoms with Crippen LogP contribution in [0.15, 0.2) is 12.3 Å². The Labute approximate surface area is 238 Å². The van der Waals surface area contributed by atoms with Crippen molar-refractivity contribution < 1.29 is 14.3 Å². The summed E-state index contributed by atoms with van der Waals surface area (Å²) in [4.78, 5) is 44.5. The standard InChI is InChI=1S/C31H44N6O3/c1-20-15-26(34-21(2)27(20)30(39)40-5)36-13-14-37(31(3,4)19-36)29(38)25-18-33-28(24(35-25)16-22-11-12-22)32-17-23-9-7-6-8-10-23/h15,18,22-23H,6-14,16-17,19H2,1-5H3,(H,32,33). The summed E-state index contributed by atoms with van der Waals surface area (Å²) in [7, 11) is 1.38. The first-order valence-corrected chi connectivity index (χ1v) is 14.9.